The Morgan fingerprint density at radius 3 is 2.12 bits per heavy atom. The second-order valence-corrected chi connectivity index (χ2v) is 4.68. The zero-order chi connectivity index (χ0) is 11.5. The fourth-order valence-corrected chi connectivity index (χ4v) is 2.29. The molecule has 0 amide bonds. The smallest absolute Gasteiger partial charge is 0.104 e. The number of halogens is 1. The van der Waals surface area contributed by atoms with Crippen LogP contribution >= 0.6 is 28.1 Å². The van der Waals surface area contributed by atoms with E-state index in [9.17, 15) is 0 Å². The summed E-state index contributed by atoms with van der Waals surface area (Å²) in [6.45, 7) is 0. The SMILES string of the molecule is NC(=S)c1ccccc1-c1ccccc1Br. The Bertz CT molecular complexity index is 537. The predicted octanol–water partition coefficient (Wildman–Crippen LogP) is 3.75. The molecular weight excluding hydrogens is 282 g/mol. The highest BCUT2D eigenvalue weighted by atomic mass is 79.9. The van der Waals surface area contributed by atoms with Gasteiger partial charge in [0.25, 0.3) is 0 Å². The number of nitrogens with two attached hydrogens (primary N) is 1. The molecule has 0 atom stereocenters. The molecule has 0 aliphatic heterocycles. The van der Waals surface area contributed by atoms with E-state index < -0.39 is 0 Å². The molecule has 0 saturated heterocycles. The third-order valence-electron chi connectivity index (χ3n) is 2.36. The van der Waals surface area contributed by atoms with Gasteiger partial charge in [0.2, 0.25) is 0 Å². The summed E-state index contributed by atoms with van der Waals surface area (Å²) in [5, 5.41) is 0. The van der Waals surface area contributed by atoms with E-state index in [1.165, 1.54) is 0 Å². The molecule has 0 aliphatic rings. The summed E-state index contributed by atoms with van der Waals surface area (Å²) in [5.41, 5.74) is 8.79. The van der Waals surface area contributed by atoms with Crippen LogP contribution in [-0.2, 0) is 0 Å². The van der Waals surface area contributed by atoms with Crippen molar-refractivity contribution in [3.8, 4) is 11.1 Å². The van der Waals surface area contributed by atoms with Crippen LogP contribution in [0.4, 0.5) is 0 Å². The van der Waals surface area contributed by atoms with Crippen molar-refractivity contribution in [3.63, 3.8) is 0 Å². The van der Waals surface area contributed by atoms with Gasteiger partial charge in [-0.05, 0) is 17.2 Å². The fraction of sp³-hybridized carbons (Fsp3) is 0. The molecule has 0 unspecified atom stereocenters. The van der Waals surface area contributed by atoms with E-state index in [4.69, 9.17) is 18.0 Å². The van der Waals surface area contributed by atoms with Gasteiger partial charge in [0.05, 0.1) is 0 Å². The molecule has 2 aromatic carbocycles. The van der Waals surface area contributed by atoms with Crippen molar-refractivity contribution in [1.82, 2.24) is 0 Å². The fourth-order valence-electron chi connectivity index (χ4n) is 1.61. The predicted molar refractivity (Wildman–Crippen MR) is 75.5 cm³/mol. The standard InChI is InChI=1S/C13H10BrNS/c14-12-8-4-3-6-10(12)9-5-1-2-7-11(9)13(15)16/h1-8H,(H2,15,16). The largest absolute Gasteiger partial charge is 0.389 e. The summed E-state index contributed by atoms with van der Waals surface area (Å²) in [6, 6.07) is 15.9. The van der Waals surface area contributed by atoms with Gasteiger partial charge in [-0.25, -0.2) is 0 Å². The van der Waals surface area contributed by atoms with Gasteiger partial charge >= 0.3 is 0 Å². The monoisotopic (exact) mass is 291 g/mol. The number of hydrogen-bond acceptors (Lipinski definition) is 1. The van der Waals surface area contributed by atoms with E-state index in [-0.39, 0.29) is 0 Å². The van der Waals surface area contributed by atoms with Crippen molar-refractivity contribution >= 4 is 33.1 Å². The Labute approximate surface area is 108 Å². The Morgan fingerprint density at radius 2 is 1.50 bits per heavy atom. The molecule has 0 fully saturated rings. The lowest BCUT2D eigenvalue weighted by atomic mass is 10.00. The first kappa shape index (κ1) is 11.3. The second-order valence-electron chi connectivity index (χ2n) is 3.39. The van der Waals surface area contributed by atoms with Crippen LogP contribution < -0.4 is 5.73 Å². The Kier molecular flexibility index (Phi) is 3.36. The summed E-state index contributed by atoms with van der Waals surface area (Å²) >= 11 is 8.59. The Hall–Kier alpha value is -1.19. The van der Waals surface area contributed by atoms with E-state index in [1.807, 2.05) is 48.5 Å². The first-order chi connectivity index (χ1) is 7.70. The van der Waals surface area contributed by atoms with Gasteiger partial charge in [-0.15, -0.1) is 0 Å². The minimum atomic E-state index is 0.423. The van der Waals surface area contributed by atoms with Crippen molar-refractivity contribution in [2.24, 2.45) is 5.73 Å². The zero-order valence-corrected chi connectivity index (χ0v) is 10.9. The van der Waals surface area contributed by atoms with Crippen LogP contribution in [0, 0.1) is 0 Å². The van der Waals surface area contributed by atoms with Gasteiger partial charge in [0.15, 0.2) is 0 Å². The third kappa shape index (κ3) is 2.15. The van der Waals surface area contributed by atoms with E-state index in [2.05, 4.69) is 15.9 Å². The van der Waals surface area contributed by atoms with Gasteiger partial charge in [-0.3, -0.25) is 0 Å². The van der Waals surface area contributed by atoms with Crippen molar-refractivity contribution in [2.45, 2.75) is 0 Å². The number of thiocarbonyl (C=S) groups is 1. The van der Waals surface area contributed by atoms with Crippen LogP contribution in [0.3, 0.4) is 0 Å². The quantitative estimate of drug-likeness (QED) is 0.853. The second kappa shape index (κ2) is 4.76. The molecule has 2 N–H and O–H groups in total. The molecule has 16 heavy (non-hydrogen) atoms. The molecule has 3 heteroatoms. The minimum Gasteiger partial charge on any atom is -0.389 e. The molecule has 0 spiro atoms. The first-order valence-corrected chi connectivity index (χ1v) is 6.04. The highest BCUT2D eigenvalue weighted by Gasteiger charge is 2.08. The summed E-state index contributed by atoms with van der Waals surface area (Å²) < 4.78 is 1.04. The molecule has 0 aromatic heterocycles. The summed E-state index contributed by atoms with van der Waals surface area (Å²) in [6.07, 6.45) is 0. The lowest BCUT2D eigenvalue weighted by Gasteiger charge is -2.09. The normalized spacial score (nSPS) is 10.1. The van der Waals surface area contributed by atoms with Crippen LogP contribution in [0.2, 0.25) is 0 Å². The summed E-state index contributed by atoms with van der Waals surface area (Å²) in [4.78, 5) is 0.423. The van der Waals surface area contributed by atoms with Crippen LogP contribution in [0.25, 0.3) is 11.1 Å². The Morgan fingerprint density at radius 1 is 0.938 bits per heavy atom. The lowest BCUT2D eigenvalue weighted by molar-refractivity contribution is 1.55. The minimum absolute atomic E-state index is 0.423. The number of benzene rings is 2. The average Bonchev–Trinajstić information content (AvgIpc) is 2.29. The molecule has 1 nitrogen and oxygen atoms in total. The molecule has 2 aromatic rings. The van der Waals surface area contributed by atoms with Crippen LogP contribution in [0.15, 0.2) is 53.0 Å². The molecule has 0 saturated carbocycles. The third-order valence-corrected chi connectivity index (χ3v) is 3.27. The highest BCUT2D eigenvalue weighted by molar-refractivity contribution is 9.10. The molecule has 2 rings (SSSR count). The maximum absolute atomic E-state index is 5.72. The molecule has 80 valence electrons. The van der Waals surface area contributed by atoms with Crippen molar-refractivity contribution in [2.75, 3.05) is 0 Å². The molecule has 0 heterocycles. The van der Waals surface area contributed by atoms with E-state index in [1.54, 1.807) is 0 Å². The molecule has 0 bridgehead atoms. The van der Waals surface area contributed by atoms with Crippen LogP contribution in [-0.4, -0.2) is 4.99 Å². The summed E-state index contributed by atoms with van der Waals surface area (Å²) in [5.74, 6) is 0. The van der Waals surface area contributed by atoms with E-state index in [0.29, 0.717) is 4.99 Å². The van der Waals surface area contributed by atoms with Crippen LogP contribution in [0.1, 0.15) is 5.56 Å². The summed E-state index contributed by atoms with van der Waals surface area (Å²) in [7, 11) is 0. The zero-order valence-electron chi connectivity index (χ0n) is 8.48. The first-order valence-electron chi connectivity index (χ1n) is 4.84. The molecule has 0 aliphatic carbocycles. The van der Waals surface area contributed by atoms with Crippen molar-refractivity contribution in [1.29, 1.82) is 0 Å². The number of hydrogen-bond donors (Lipinski definition) is 1. The maximum atomic E-state index is 5.72. The van der Waals surface area contributed by atoms with E-state index >= 15 is 0 Å². The maximum Gasteiger partial charge on any atom is 0.104 e. The van der Waals surface area contributed by atoms with E-state index in [0.717, 1.165) is 21.2 Å². The Balaban J connectivity index is 2.65. The van der Waals surface area contributed by atoms with Crippen molar-refractivity contribution < 1.29 is 0 Å². The van der Waals surface area contributed by atoms with Gasteiger partial charge in [-0.2, -0.15) is 0 Å². The highest BCUT2D eigenvalue weighted by Crippen LogP contribution is 2.30. The van der Waals surface area contributed by atoms with Gasteiger partial charge in [0.1, 0.15) is 4.99 Å². The van der Waals surface area contributed by atoms with Gasteiger partial charge in [-0.1, -0.05) is 70.6 Å². The topological polar surface area (TPSA) is 26.0 Å². The average molecular weight is 292 g/mol. The number of rotatable bonds is 2. The van der Waals surface area contributed by atoms with Crippen LogP contribution in [0.5, 0.6) is 0 Å². The van der Waals surface area contributed by atoms with Gasteiger partial charge in [0, 0.05) is 10.0 Å². The molecule has 0 radical (unpaired) electrons. The van der Waals surface area contributed by atoms with Gasteiger partial charge < -0.3 is 5.73 Å². The lowest BCUT2D eigenvalue weighted by Crippen LogP contribution is -2.10. The van der Waals surface area contributed by atoms with Crippen molar-refractivity contribution in [3.05, 3.63) is 58.6 Å². The molecular formula is C13H10BrNS.